The number of benzene rings is 1. The van der Waals surface area contributed by atoms with E-state index in [1.54, 1.807) is 0 Å². The standard InChI is InChI=1S/C14H9ClF3N3O2S/c1-6-4-9(16)14(20-13(6)18)21-24(22,23)10-5-19-12-7(10)2-3-8(15)11(12)17/h2-5,19H,1H3,(H,20,21). The predicted molar refractivity (Wildman–Crippen MR) is 83.0 cm³/mol. The number of sulfonamides is 1. The summed E-state index contributed by atoms with van der Waals surface area (Å²) in [5, 5.41) is -0.174. The van der Waals surface area contributed by atoms with E-state index in [4.69, 9.17) is 11.6 Å². The van der Waals surface area contributed by atoms with Gasteiger partial charge >= 0.3 is 0 Å². The number of halogens is 4. The summed E-state index contributed by atoms with van der Waals surface area (Å²) in [7, 11) is -4.34. The van der Waals surface area contributed by atoms with Crippen molar-refractivity contribution < 1.29 is 21.6 Å². The summed E-state index contributed by atoms with van der Waals surface area (Å²) in [5.74, 6) is -3.65. The van der Waals surface area contributed by atoms with Crippen molar-refractivity contribution in [2.24, 2.45) is 0 Å². The van der Waals surface area contributed by atoms with Crippen molar-refractivity contribution in [2.45, 2.75) is 11.8 Å². The van der Waals surface area contributed by atoms with E-state index in [0.717, 1.165) is 12.3 Å². The lowest BCUT2D eigenvalue weighted by molar-refractivity contribution is 0.555. The second-order valence-corrected chi connectivity index (χ2v) is 7.03. The van der Waals surface area contributed by atoms with Gasteiger partial charge in [0.15, 0.2) is 17.5 Å². The first kappa shape index (κ1) is 16.6. The molecule has 0 atom stereocenters. The molecule has 0 unspecified atom stereocenters. The number of hydrogen-bond acceptors (Lipinski definition) is 3. The number of aryl methyl sites for hydroxylation is 1. The van der Waals surface area contributed by atoms with Gasteiger partial charge < -0.3 is 4.98 Å². The van der Waals surface area contributed by atoms with Crippen molar-refractivity contribution in [3.8, 4) is 0 Å². The molecule has 0 aliphatic heterocycles. The molecule has 3 aromatic rings. The van der Waals surface area contributed by atoms with Crippen molar-refractivity contribution in [3.05, 3.63) is 52.6 Å². The van der Waals surface area contributed by atoms with Crippen LogP contribution in [0.3, 0.4) is 0 Å². The van der Waals surface area contributed by atoms with Crippen LogP contribution in [0.15, 0.2) is 29.3 Å². The topological polar surface area (TPSA) is 74.8 Å². The predicted octanol–water partition coefficient (Wildman–Crippen LogP) is 3.74. The number of aromatic amines is 1. The molecule has 10 heteroatoms. The molecule has 1 aromatic carbocycles. The number of nitrogens with zero attached hydrogens (tertiary/aromatic N) is 1. The Hall–Kier alpha value is -2.26. The van der Waals surface area contributed by atoms with Crippen LogP contribution in [0.1, 0.15) is 5.56 Å². The van der Waals surface area contributed by atoms with E-state index >= 15 is 0 Å². The van der Waals surface area contributed by atoms with Gasteiger partial charge in [0.25, 0.3) is 10.0 Å². The third-order valence-electron chi connectivity index (χ3n) is 3.33. The number of pyridine rings is 1. The molecule has 126 valence electrons. The van der Waals surface area contributed by atoms with Gasteiger partial charge in [-0.25, -0.2) is 17.2 Å². The molecule has 0 bridgehead atoms. The smallest absolute Gasteiger partial charge is 0.265 e. The van der Waals surface area contributed by atoms with Crippen LogP contribution in [0.5, 0.6) is 0 Å². The molecule has 0 radical (unpaired) electrons. The van der Waals surface area contributed by atoms with Gasteiger partial charge in [0.05, 0.1) is 10.5 Å². The SMILES string of the molecule is Cc1cc(F)c(NS(=O)(=O)c2c[nH]c3c(F)c(Cl)ccc23)nc1F. The fourth-order valence-electron chi connectivity index (χ4n) is 2.15. The Labute approximate surface area is 139 Å². The average Bonchev–Trinajstić information content (AvgIpc) is 2.94. The first-order valence-corrected chi connectivity index (χ1v) is 8.37. The van der Waals surface area contributed by atoms with E-state index in [9.17, 15) is 21.6 Å². The van der Waals surface area contributed by atoms with Crippen LogP contribution in [-0.2, 0) is 10.0 Å². The summed E-state index contributed by atoms with van der Waals surface area (Å²) in [6.45, 7) is 1.29. The third-order valence-corrected chi connectivity index (χ3v) is 5.00. The zero-order valence-electron chi connectivity index (χ0n) is 12.0. The highest BCUT2D eigenvalue weighted by atomic mass is 35.5. The molecule has 0 saturated carbocycles. The molecule has 2 heterocycles. The number of nitrogens with one attached hydrogen (secondary N) is 2. The van der Waals surface area contributed by atoms with Crippen LogP contribution in [0, 0.1) is 24.5 Å². The summed E-state index contributed by atoms with van der Waals surface area (Å²) in [5.41, 5.74) is -0.189. The Kier molecular flexibility index (Phi) is 3.92. The number of anilines is 1. The van der Waals surface area contributed by atoms with E-state index < -0.39 is 33.4 Å². The van der Waals surface area contributed by atoms with Crippen molar-refractivity contribution in [1.29, 1.82) is 0 Å². The van der Waals surface area contributed by atoms with Crippen LogP contribution >= 0.6 is 11.6 Å². The van der Waals surface area contributed by atoms with Crippen molar-refractivity contribution >= 4 is 38.3 Å². The van der Waals surface area contributed by atoms with Gasteiger partial charge in [0.1, 0.15) is 4.90 Å². The van der Waals surface area contributed by atoms with E-state index in [2.05, 4.69) is 9.97 Å². The summed E-state index contributed by atoms with van der Waals surface area (Å²) < 4.78 is 67.8. The van der Waals surface area contributed by atoms with Gasteiger partial charge in [0.2, 0.25) is 5.95 Å². The largest absolute Gasteiger partial charge is 0.357 e. The van der Waals surface area contributed by atoms with Crippen LogP contribution in [0.2, 0.25) is 5.02 Å². The van der Waals surface area contributed by atoms with Crippen molar-refractivity contribution in [2.75, 3.05) is 4.72 Å². The number of aromatic nitrogens is 2. The molecule has 0 aliphatic rings. The Bertz CT molecular complexity index is 1070. The normalized spacial score (nSPS) is 11.9. The first-order chi connectivity index (χ1) is 11.2. The van der Waals surface area contributed by atoms with Gasteiger partial charge in [-0.05, 0) is 25.1 Å². The minimum absolute atomic E-state index is 0.0115. The Morgan fingerprint density at radius 1 is 1.25 bits per heavy atom. The second kappa shape index (κ2) is 5.67. The lowest BCUT2D eigenvalue weighted by Crippen LogP contribution is -2.15. The Morgan fingerprint density at radius 2 is 1.96 bits per heavy atom. The third kappa shape index (κ3) is 2.69. The molecule has 0 amide bonds. The second-order valence-electron chi connectivity index (χ2n) is 4.97. The summed E-state index contributed by atoms with van der Waals surface area (Å²) in [6, 6.07) is 3.30. The van der Waals surface area contributed by atoms with Gasteiger partial charge in [-0.1, -0.05) is 11.6 Å². The molecule has 0 saturated heterocycles. The summed E-state index contributed by atoms with van der Waals surface area (Å²) in [4.78, 5) is 5.35. The lowest BCUT2D eigenvalue weighted by atomic mass is 10.2. The minimum atomic E-state index is -4.34. The van der Waals surface area contributed by atoms with Gasteiger partial charge in [-0.2, -0.15) is 9.37 Å². The molecular formula is C14H9ClF3N3O2S. The molecule has 2 N–H and O–H groups in total. The minimum Gasteiger partial charge on any atom is -0.357 e. The van der Waals surface area contributed by atoms with E-state index in [1.807, 2.05) is 4.72 Å². The van der Waals surface area contributed by atoms with Crippen LogP contribution in [0.4, 0.5) is 19.0 Å². The van der Waals surface area contributed by atoms with E-state index in [1.165, 1.54) is 19.1 Å². The number of rotatable bonds is 3. The highest BCUT2D eigenvalue weighted by molar-refractivity contribution is 7.93. The fraction of sp³-hybridized carbons (Fsp3) is 0.0714. The average molecular weight is 376 g/mol. The Balaban J connectivity index is 2.09. The maximum absolute atomic E-state index is 13.9. The van der Waals surface area contributed by atoms with Crippen LogP contribution < -0.4 is 4.72 Å². The number of hydrogen-bond donors (Lipinski definition) is 2. The first-order valence-electron chi connectivity index (χ1n) is 6.51. The van der Waals surface area contributed by atoms with Gasteiger partial charge in [-0.15, -0.1) is 0 Å². The van der Waals surface area contributed by atoms with E-state index in [0.29, 0.717) is 0 Å². The fourth-order valence-corrected chi connectivity index (χ4v) is 3.49. The summed E-state index contributed by atoms with van der Waals surface area (Å²) >= 11 is 5.63. The number of fused-ring (bicyclic) bond motifs is 1. The highest BCUT2D eigenvalue weighted by Crippen LogP contribution is 2.30. The molecule has 0 aliphatic carbocycles. The number of H-pyrrole nitrogens is 1. The molecular weight excluding hydrogens is 367 g/mol. The maximum Gasteiger partial charge on any atom is 0.265 e. The van der Waals surface area contributed by atoms with Crippen LogP contribution in [0.25, 0.3) is 10.9 Å². The maximum atomic E-state index is 13.9. The lowest BCUT2D eigenvalue weighted by Gasteiger charge is -2.08. The van der Waals surface area contributed by atoms with Crippen molar-refractivity contribution in [3.63, 3.8) is 0 Å². The van der Waals surface area contributed by atoms with Crippen molar-refractivity contribution in [1.82, 2.24) is 9.97 Å². The Morgan fingerprint density at radius 3 is 2.67 bits per heavy atom. The summed E-state index contributed by atoms with van der Waals surface area (Å²) in [6.07, 6.45) is 1.02. The molecule has 2 aromatic heterocycles. The zero-order valence-corrected chi connectivity index (χ0v) is 13.6. The molecule has 0 spiro atoms. The quantitative estimate of drug-likeness (QED) is 0.685. The highest BCUT2D eigenvalue weighted by Gasteiger charge is 2.23. The van der Waals surface area contributed by atoms with Crippen LogP contribution in [-0.4, -0.2) is 18.4 Å². The van der Waals surface area contributed by atoms with Gasteiger partial charge in [-0.3, -0.25) is 4.72 Å². The molecule has 3 rings (SSSR count). The molecule has 0 fully saturated rings. The molecule has 5 nitrogen and oxygen atoms in total. The monoisotopic (exact) mass is 375 g/mol. The zero-order chi connectivity index (χ0) is 17.6. The van der Waals surface area contributed by atoms with E-state index in [-0.39, 0.29) is 26.4 Å². The van der Waals surface area contributed by atoms with Gasteiger partial charge in [0, 0.05) is 17.1 Å². The molecule has 24 heavy (non-hydrogen) atoms.